The minimum absolute atomic E-state index is 0.000936. The molecule has 1 aromatic carbocycles. The first-order valence-corrected chi connectivity index (χ1v) is 8.64. The lowest BCUT2D eigenvalue weighted by molar-refractivity contribution is -0.118. The Labute approximate surface area is 119 Å². The lowest BCUT2D eigenvalue weighted by Crippen LogP contribution is -2.35. The first-order chi connectivity index (χ1) is 9.43. The number of hydrogen-bond donors (Lipinski definition) is 1. The fourth-order valence-corrected chi connectivity index (χ4v) is 3.14. The predicted octanol–water partition coefficient (Wildman–Crippen LogP) is 1.37. The number of fused-ring (bicyclic) bond motifs is 1. The fourth-order valence-electron chi connectivity index (χ4n) is 2.39. The van der Waals surface area contributed by atoms with Crippen molar-refractivity contribution in [3.63, 3.8) is 0 Å². The van der Waals surface area contributed by atoms with E-state index in [1.54, 1.807) is 17.9 Å². The molecule has 1 aliphatic rings. The predicted molar refractivity (Wildman–Crippen MR) is 80.5 cm³/mol. The van der Waals surface area contributed by atoms with Gasteiger partial charge in [-0.05, 0) is 36.6 Å². The van der Waals surface area contributed by atoms with Gasteiger partial charge in [-0.3, -0.25) is 4.79 Å². The molecule has 0 unspecified atom stereocenters. The Morgan fingerprint density at radius 1 is 1.30 bits per heavy atom. The molecule has 1 amide bonds. The van der Waals surface area contributed by atoms with Crippen LogP contribution in [0.25, 0.3) is 0 Å². The Bertz CT molecular complexity index is 611. The Kier molecular flexibility index (Phi) is 4.32. The molecule has 0 radical (unpaired) electrons. The van der Waals surface area contributed by atoms with Gasteiger partial charge in [0.15, 0.2) is 9.84 Å². The molecule has 0 atom stereocenters. The standard InChI is InChI=1S/C14H20N2O3S/c1-2-20(18,19)9-8-16-13-7-6-12(15)10-11(13)4-3-5-14(16)17/h6-7,10H,2-5,8-9,15H2,1H3. The van der Waals surface area contributed by atoms with Gasteiger partial charge in [-0.1, -0.05) is 6.92 Å². The van der Waals surface area contributed by atoms with Crippen LogP contribution < -0.4 is 10.6 Å². The topological polar surface area (TPSA) is 80.5 Å². The quantitative estimate of drug-likeness (QED) is 0.851. The van der Waals surface area contributed by atoms with Gasteiger partial charge in [-0.2, -0.15) is 0 Å². The highest BCUT2D eigenvalue weighted by Gasteiger charge is 2.23. The molecule has 0 bridgehead atoms. The monoisotopic (exact) mass is 296 g/mol. The van der Waals surface area contributed by atoms with Crippen molar-refractivity contribution >= 4 is 27.1 Å². The molecule has 20 heavy (non-hydrogen) atoms. The number of rotatable bonds is 4. The van der Waals surface area contributed by atoms with Crippen LogP contribution in [0.4, 0.5) is 11.4 Å². The summed E-state index contributed by atoms with van der Waals surface area (Å²) in [5.74, 6) is 0.0858. The lowest BCUT2D eigenvalue weighted by atomic mass is 10.1. The van der Waals surface area contributed by atoms with Crippen LogP contribution >= 0.6 is 0 Å². The number of anilines is 2. The third-order valence-electron chi connectivity index (χ3n) is 3.60. The normalized spacial score (nSPS) is 15.8. The van der Waals surface area contributed by atoms with Gasteiger partial charge in [0.1, 0.15) is 0 Å². The van der Waals surface area contributed by atoms with Crippen molar-refractivity contribution in [1.29, 1.82) is 0 Å². The van der Waals surface area contributed by atoms with Crippen molar-refractivity contribution in [2.45, 2.75) is 26.2 Å². The molecule has 0 aromatic heterocycles. The molecule has 110 valence electrons. The van der Waals surface area contributed by atoms with Crippen LogP contribution in [-0.2, 0) is 21.1 Å². The van der Waals surface area contributed by atoms with Gasteiger partial charge in [-0.25, -0.2) is 8.42 Å². The highest BCUT2D eigenvalue weighted by Crippen LogP contribution is 2.28. The zero-order chi connectivity index (χ0) is 14.8. The first kappa shape index (κ1) is 14.8. The summed E-state index contributed by atoms with van der Waals surface area (Å²) >= 11 is 0. The Hall–Kier alpha value is -1.56. The fraction of sp³-hybridized carbons (Fsp3) is 0.500. The molecule has 0 saturated carbocycles. The van der Waals surface area contributed by atoms with E-state index >= 15 is 0 Å². The average Bonchev–Trinajstić information content (AvgIpc) is 2.55. The summed E-state index contributed by atoms with van der Waals surface area (Å²) in [6, 6.07) is 5.43. The van der Waals surface area contributed by atoms with Crippen molar-refractivity contribution < 1.29 is 13.2 Å². The lowest BCUT2D eigenvalue weighted by Gasteiger charge is -2.23. The average molecular weight is 296 g/mol. The summed E-state index contributed by atoms with van der Waals surface area (Å²) in [5, 5.41) is 0. The van der Waals surface area contributed by atoms with E-state index in [2.05, 4.69) is 0 Å². The molecule has 2 N–H and O–H groups in total. The molecule has 0 spiro atoms. The van der Waals surface area contributed by atoms with E-state index in [9.17, 15) is 13.2 Å². The van der Waals surface area contributed by atoms with Gasteiger partial charge in [0, 0.05) is 30.1 Å². The Morgan fingerprint density at radius 2 is 2.05 bits per heavy atom. The van der Waals surface area contributed by atoms with Gasteiger partial charge >= 0.3 is 0 Å². The highest BCUT2D eigenvalue weighted by atomic mass is 32.2. The van der Waals surface area contributed by atoms with E-state index in [0.29, 0.717) is 12.1 Å². The van der Waals surface area contributed by atoms with Crippen molar-refractivity contribution in [1.82, 2.24) is 0 Å². The third kappa shape index (κ3) is 3.30. The number of benzene rings is 1. The molecule has 1 heterocycles. The van der Waals surface area contributed by atoms with Gasteiger partial charge < -0.3 is 10.6 Å². The maximum Gasteiger partial charge on any atom is 0.227 e. The van der Waals surface area contributed by atoms with Gasteiger partial charge in [0.25, 0.3) is 0 Å². The number of carbonyl (C=O) groups excluding carboxylic acids is 1. The molecule has 0 aliphatic carbocycles. The Balaban J connectivity index is 2.28. The Morgan fingerprint density at radius 3 is 2.75 bits per heavy atom. The number of amides is 1. The van der Waals surface area contributed by atoms with E-state index < -0.39 is 9.84 Å². The third-order valence-corrected chi connectivity index (χ3v) is 5.28. The van der Waals surface area contributed by atoms with E-state index in [1.165, 1.54) is 0 Å². The number of nitrogens with zero attached hydrogens (tertiary/aromatic N) is 1. The maximum absolute atomic E-state index is 12.2. The van der Waals surface area contributed by atoms with Crippen LogP contribution in [0.15, 0.2) is 18.2 Å². The van der Waals surface area contributed by atoms with Crippen molar-refractivity contribution in [2.75, 3.05) is 28.7 Å². The van der Waals surface area contributed by atoms with E-state index in [0.717, 1.165) is 24.1 Å². The second kappa shape index (κ2) is 5.83. The number of nitrogens with two attached hydrogens (primary N) is 1. The number of hydrogen-bond acceptors (Lipinski definition) is 4. The summed E-state index contributed by atoms with van der Waals surface area (Å²) in [6.07, 6.45) is 2.01. The second-order valence-corrected chi connectivity index (χ2v) is 7.50. The van der Waals surface area contributed by atoms with E-state index in [-0.39, 0.29) is 24.0 Å². The van der Waals surface area contributed by atoms with Crippen molar-refractivity contribution in [2.24, 2.45) is 0 Å². The summed E-state index contributed by atoms with van der Waals surface area (Å²) in [7, 11) is -3.08. The summed E-state index contributed by atoms with van der Waals surface area (Å²) in [5.41, 5.74) is 8.26. The minimum atomic E-state index is -3.08. The SMILES string of the molecule is CCS(=O)(=O)CCN1C(=O)CCCc2cc(N)ccc21. The smallest absolute Gasteiger partial charge is 0.227 e. The molecule has 2 rings (SSSR count). The van der Waals surface area contributed by atoms with Crippen molar-refractivity contribution in [3.05, 3.63) is 23.8 Å². The number of aryl methyl sites for hydroxylation is 1. The number of carbonyl (C=O) groups is 1. The van der Waals surface area contributed by atoms with Gasteiger partial charge in [0.05, 0.1) is 5.75 Å². The minimum Gasteiger partial charge on any atom is -0.399 e. The molecule has 0 saturated heterocycles. The molecule has 1 aromatic rings. The largest absolute Gasteiger partial charge is 0.399 e. The second-order valence-electron chi connectivity index (χ2n) is 5.02. The summed E-state index contributed by atoms with van der Waals surface area (Å²) in [4.78, 5) is 13.8. The molecular weight excluding hydrogens is 276 g/mol. The van der Waals surface area contributed by atoms with Crippen LogP contribution in [0, 0.1) is 0 Å². The molecule has 6 heteroatoms. The van der Waals surface area contributed by atoms with Crippen LogP contribution in [0.3, 0.4) is 0 Å². The first-order valence-electron chi connectivity index (χ1n) is 6.82. The zero-order valence-electron chi connectivity index (χ0n) is 11.6. The number of nitrogen functional groups attached to an aromatic ring is 1. The van der Waals surface area contributed by atoms with Crippen LogP contribution in [0.1, 0.15) is 25.3 Å². The van der Waals surface area contributed by atoms with Gasteiger partial charge in [0.2, 0.25) is 5.91 Å². The summed E-state index contributed by atoms with van der Waals surface area (Å²) < 4.78 is 23.3. The van der Waals surface area contributed by atoms with Crippen LogP contribution in [0.5, 0.6) is 0 Å². The maximum atomic E-state index is 12.2. The van der Waals surface area contributed by atoms with Gasteiger partial charge in [-0.15, -0.1) is 0 Å². The number of sulfone groups is 1. The van der Waals surface area contributed by atoms with Crippen molar-refractivity contribution in [3.8, 4) is 0 Å². The highest BCUT2D eigenvalue weighted by molar-refractivity contribution is 7.91. The molecule has 0 fully saturated rings. The van der Waals surface area contributed by atoms with Crippen LogP contribution in [-0.4, -0.2) is 32.4 Å². The zero-order valence-corrected chi connectivity index (χ0v) is 12.4. The molecule has 5 nitrogen and oxygen atoms in total. The van der Waals surface area contributed by atoms with Crippen LogP contribution in [0.2, 0.25) is 0 Å². The summed E-state index contributed by atoms with van der Waals surface area (Å²) in [6.45, 7) is 1.83. The van der Waals surface area contributed by atoms with E-state index in [1.807, 2.05) is 12.1 Å². The molecule has 1 aliphatic heterocycles. The van der Waals surface area contributed by atoms with E-state index in [4.69, 9.17) is 5.73 Å². The molecular formula is C14H20N2O3S.